The van der Waals surface area contributed by atoms with Crippen LogP contribution in [0.1, 0.15) is 17.6 Å². The zero-order valence-electron chi connectivity index (χ0n) is 16.4. The molecule has 2 unspecified atom stereocenters. The molecule has 2 aliphatic rings. The molecule has 11 heteroatoms. The van der Waals surface area contributed by atoms with Gasteiger partial charge in [-0.1, -0.05) is 16.8 Å². The summed E-state index contributed by atoms with van der Waals surface area (Å²) in [6.45, 7) is 1.61. The Labute approximate surface area is 180 Å². The summed E-state index contributed by atoms with van der Waals surface area (Å²) >= 11 is 5.85. The average molecular weight is 442 g/mol. The van der Waals surface area contributed by atoms with Crippen LogP contribution in [0.3, 0.4) is 0 Å². The minimum absolute atomic E-state index is 0.143. The van der Waals surface area contributed by atoms with Crippen LogP contribution in [0.25, 0.3) is 11.2 Å². The highest BCUT2D eigenvalue weighted by Gasteiger charge is 2.58. The van der Waals surface area contributed by atoms with E-state index in [1.807, 2.05) is 4.90 Å². The Morgan fingerprint density at radius 1 is 1.23 bits per heavy atom. The molecule has 2 atom stereocenters. The molecule has 0 spiro atoms. The van der Waals surface area contributed by atoms with Crippen LogP contribution in [-0.2, 0) is 13.6 Å². The second kappa shape index (κ2) is 6.61. The van der Waals surface area contributed by atoms with E-state index in [0.717, 1.165) is 13.1 Å². The summed E-state index contributed by atoms with van der Waals surface area (Å²) in [6.07, 6.45) is 2.99. The number of hydrogen-bond donors (Lipinski definition) is 0. The number of hydrogen-bond acceptors (Lipinski definition) is 7. The monoisotopic (exact) mass is 441 g/mol. The van der Waals surface area contributed by atoms with Crippen molar-refractivity contribution >= 4 is 28.5 Å². The minimum atomic E-state index is -0.309. The molecule has 4 aromatic rings. The van der Waals surface area contributed by atoms with E-state index in [-0.39, 0.29) is 23.8 Å². The number of fused-ring (bicyclic) bond motifs is 2. The summed E-state index contributed by atoms with van der Waals surface area (Å²) < 4.78 is 22.7. The van der Waals surface area contributed by atoms with E-state index in [2.05, 4.69) is 20.1 Å². The quantitative estimate of drug-likeness (QED) is 0.479. The summed E-state index contributed by atoms with van der Waals surface area (Å²) in [5.41, 5.74) is 1.19. The van der Waals surface area contributed by atoms with E-state index in [4.69, 9.17) is 16.1 Å². The standard InChI is InChI=1S/C20H17ClFN7O2/c1-27-8-23-19-17(27)20(30)29(9-24-19)7-15-25-18(26-31-15)16-11-5-28(6-12(11)16)14-3-2-10(21)4-13(14)22/h2-4,8-9,11-12,16H,5-7H2,1H3. The molecular formula is C20H17ClFN7O2. The zero-order chi connectivity index (χ0) is 21.3. The maximum atomic E-state index is 14.2. The maximum Gasteiger partial charge on any atom is 0.280 e. The molecule has 4 heterocycles. The third-order valence-electron chi connectivity index (χ3n) is 6.23. The van der Waals surface area contributed by atoms with Crippen LogP contribution in [0.5, 0.6) is 0 Å². The summed E-state index contributed by atoms with van der Waals surface area (Å²) in [5, 5.41) is 4.52. The van der Waals surface area contributed by atoms with Gasteiger partial charge in [0.25, 0.3) is 5.56 Å². The molecule has 2 fully saturated rings. The van der Waals surface area contributed by atoms with Gasteiger partial charge in [-0.15, -0.1) is 0 Å². The Bertz CT molecular complexity index is 1370. The molecule has 1 saturated carbocycles. The highest BCUT2D eigenvalue weighted by Crippen LogP contribution is 2.58. The highest BCUT2D eigenvalue weighted by atomic mass is 35.5. The van der Waals surface area contributed by atoms with Crippen molar-refractivity contribution in [2.75, 3.05) is 18.0 Å². The lowest BCUT2D eigenvalue weighted by atomic mass is 10.2. The molecule has 0 N–H and O–H groups in total. The molecule has 1 aromatic carbocycles. The molecular weight excluding hydrogens is 425 g/mol. The highest BCUT2D eigenvalue weighted by molar-refractivity contribution is 6.30. The molecule has 1 aliphatic heterocycles. The van der Waals surface area contributed by atoms with Crippen LogP contribution in [0.15, 0.2) is 40.2 Å². The third-order valence-corrected chi connectivity index (χ3v) is 6.47. The molecule has 1 aliphatic carbocycles. The van der Waals surface area contributed by atoms with Crippen LogP contribution in [-0.4, -0.2) is 42.3 Å². The van der Waals surface area contributed by atoms with Crippen LogP contribution in [0.2, 0.25) is 5.02 Å². The van der Waals surface area contributed by atoms with Gasteiger partial charge in [0.1, 0.15) is 18.7 Å². The number of aryl methyl sites for hydroxylation is 1. The fourth-order valence-electron chi connectivity index (χ4n) is 4.64. The van der Waals surface area contributed by atoms with Crippen LogP contribution in [0, 0.1) is 17.7 Å². The second-order valence-corrected chi connectivity index (χ2v) is 8.54. The SMILES string of the molecule is Cn1cnc2ncn(Cc3nc(C4C5CN(c6ccc(Cl)cc6F)CC54)no3)c(=O)c21. The van der Waals surface area contributed by atoms with Gasteiger partial charge in [0.15, 0.2) is 17.0 Å². The first kappa shape index (κ1) is 18.5. The topological polar surface area (TPSA) is 94.9 Å². The molecule has 3 aromatic heterocycles. The van der Waals surface area contributed by atoms with Crippen molar-refractivity contribution in [3.8, 4) is 0 Å². The lowest BCUT2D eigenvalue weighted by molar-refractivity contribution is 0.363. The van der Waals surface area contributed by atoms with Gasteiger partial charge < -0.3 is 14.0 Å². The van der Waals surface area contributed by atoms with E-state index in [1.54, 1.807) is 30.1 Å². The Kier molecular flexibility index (Phi) is 3.95. The number of piperidine rings is 1. The van der Waals surface area contributed by atoms with Crippen molar-refractivity contribution in [1.82, 2.24) is 29.2 Å². The second-order valence-electron chi connectivity index (χ2n) is 8.11. The molecule has 0 radical (unpaired) electrons. The van der Waals surface area contributed by atoms with E-state index >= 15 is 0 Å². The van der Waals surface area contributed by atoms with Crippen molar-refractivity contribution in [2.45, 2.75) is 12.5 Å². The van der Waals surface area contributed by atoms with Gasteiger partial charge in [0, 0.05) is 31.1 Å². The van der Waals surface area contributed by atoms with Gasteiger partial charge in [-0.05, 0) is 30.0 Å². The fraction of sp³-hybridized carbons (Fsp3) is 0.350. The average Bonchev–Trinajstić information content (AvgIpc) is 3.16. The number of halogens is 2. The first-order valence-electron chi connectivity index (χ1n) is 9.88. The molecule has 0 bridgehead atoms. The Balaban J connectivity index is 1.17. The normalized spacial score (nSPS) is 22.3. The van der Waals surface area contributed by atoms with Gasteiger partial charge >= 0.3 is 0 Å². The first-order chi connectivity index (χ1) is 15.0. The van der Waals surface area contributed by atoms with E-state index in [0.29, 0.717) is 45.4 Å². The molecule has 6 rings (SSSR count). The molecule has 9 nitrogen and oxygen atoms in total. The van der Waals surface area contributed by atoms with Gasteiger partial charge in [0.2, 0.25) is 5.89 Å². The lowest BCUT2D eigenvalue weighted by Gasteiger charge is -2.22. The van der Waals surface area contributed by atoms with Crippen molar-refractivity contribution < 1.29 is 8.91 Å². The first-order valence-corrected chi connectivity index (χ1v) is 10.3. The van der Waals surface area contributed by atoms with Crippen LogP contribution in [0.4, 0.5) is 10.1 Å². The molecule has 1 saturated heterocycles. The molecule has 158 valence electrons. The maximum absolute atomic E-state index is 14.2. The van der Waals surface area contributed by atoms with E-state index < -0.39 is 0 Å². The van der Waals surface area contributed by atoms with Gasteiger partial charge in [0.05, 0.1) is 12.0 Å². The third kappa shape index (κ3) is 2.93. The fourth-order valence-corrected chi connectivity index (χ4v) is 4.80. The summed E-state index contributed by atoms with van der Waals surface area (Å²) in [6, 6.07) is 4.75. The van der Waals surface area contributed by atoms with Gasteiger partial charge in [-0.25, -0.2) is 14.4 Å². The predicted molar refractivity (Wildman–Crippen MR) is 110 cm³/mol. The smallest absolute Gasteiger partial charge is 0.280 e. The van der Waals surface area contributed by atoms with E-state index in [9.17, 15) is 9.18 Å². The Morgan fingerprint density at radius 2 is 2.00 bits per heavy atom. The Hall–Kier alpha value is -3.27. The number of benzene rings is 1. The summed E-state index contributed by atoms with van der Waals surface area (Å²) in [7, 11) is 1.75. The van der Waals surface area contributed by atoms with Crippen molar-refractivity contribution in [2.24, 2.45) is 18.9 Å². The van der Waals surface area contributed by atoms with Gasteiger partial charge in [-0.3, -0.25) is 9.36 Å². The number of anilines is 1. The molecule has 31 heavy (non-hydrogen) atoms. The van der Waals surface area contributed by atoms with Gasteiger partial charge in [-0.2, -0.15) is 4.98 Å². The number of rotatable bonds is 4. The lowest BCUT2D eigenvalue weighted by Crippen LogP contribution is -2.24. The van der Waals surface area contributed by atoms with Crippen molar-refractivity contribution in [1.29, 1.82) is 0 Å². The predicted octanol–water partition coefficient (Wildman–Crippen LogP) is 2.20. The van der Waals surface area contributed by atoms with Crippen molar-refractivity contribution in [3.05, 3.63) is 63.8 Å². The Morgan fingerprint density at radius 3 is 2.77 bits per heavy atom. The molecule has 0 amide bonds. The summed E-state index contributed by atoms with van der Waals surface area (Å²) in [4.78, 5) is 27.5. The minimum Gasteiger partial charge on any atom is -0.369 e. The van der Waals surface area contributed by atoms with Crippen molar-refractivity contribution in [3.63, 3.8) is 0 Å². The number of imidazole rings is 1. The zero-order valence-corrected chi connectivity index (χ0v) is 17.2. The van der Waals surface area contributed by atoms with Crippen LogP contribution >= 0.6 is 11.6 Å². The summed E-state index contributed by atoms with van der Waals surface area (Å²) in [5.74, 6) is 1.59. The van der Waals surface area contributed by atoms with E-state index in [1.165, 1.54) is 17.0 Å². The largest absolute Gasteiger partial charge is 0.369 e. The number of aromatic nitrogens is 6. The number of nitrogens with zero attached hydrogens (tertiary/aromatic N) is 7. The van der Waals surface area contributed by atoms with Crippen LogP contribution < -0.4 is 10.5 Å².